The summed E-state index contributed by atoms with van der Waals surface area (Å²) in [6.45, 7) is 1.44. The van der Waals surface area contributed by atoms with E-state index in [1.54, 1.807) is 30.3 Å². The van der Waals surface area contributed by atoms with Gasteiger partial charge in [-0.3, -0.25) is 10.1 Å². The van der Waals surface area contributed by atoms with Gasteiger partial charge >= 0.3 is 12.2 Å². The van der Waals surface area contributed by atoms with Crippen LogP contribution in [0.3, 0.4) is 0 Å². The predicted octanol–water partition coefficient (Wildman–Crippen LogP) is 2.66. The number of hydrogen-bond donors (Lipinski definition) is 2. The molecule has 0 fully saturated rings. The van der Waals surface area contributed by atoms with Crippen molar-refractivity contribution in [3.63, 3.8) is 0 Å². The number of amides is 3. The summed E-state index contributed by atoms with van der Waals surface area (Å²) in [5.74, 6) is -1.83. The quantitative estimate of drug-likeness (QED) is 0.805. The molecule has 0 saturated carbocycles. The van der Waals surface area contributed by atoms with E-state index in [1.165, 1.54) is 6.92 Å². The molecule has 11 heteroatoms. The lowest BCUT2D eigenvalue weighted by Crippen LogP contribution is -2.38. The Kier molecular flexibility index (Phi) is 5.67. The zero-order chi connectivity index (χ0) is 18.6. The van der Waals surface area contributed by atoms with Crippen LogP contribution in [0.2, 0.25) is 0 Å². The average Bonchev–Trinajstić information content (AvgIpc) is 2.89. The maximum Gasteiger partial charge on any atom is 0.451 e. The Hall–Kier alpha value is -2.56. The van der Waals surface area contributed by atoms with Gasteiger partial charge < -0.3 is 9.88 Å². The largest absolute Gasteiger partial charge is 0.451 e. The van der Waals surface area contributed by atoms with Gasteiger partial charge in [-0.15, -0.1) is 10.2 Å². The first kappa shape index (κ1) is 18.8. The fraction of sp³-hybridized carbons (Fsp3) is 0.286. The Bertz CT molecular complexity index is 764. The molecule has 2 rings (SSSR count). The summed E-state index contributed by atoms with van der Waals surface area (Å²) >= 11 is 0.761. The minimum absolute atomic E-state index is 0.0848. The molecule has 1 aromatic carbocycles. The van der Waals surface area contributed by atoms with Gasteiger partial charge in [-0.2, -0.15) is 13.2 Å². The van der Waals surface area contributed by atoms with Gasteiger partial charge in [0.15, 0.2) is 5.16 Å². The third-order valence-electron chi connectivity index (χ3n) is 3.01. The zero-order valence-electron chi connectivity index (χ0n) is 13.2. The number of carbonyl (C=O) groups is 2. The van der Waals surface area contributed by atoms with E-state index in [0.717, 1.165) is 23.4 Å². The Balaban J connectivity index is 1.94. The zero-order valence-corrected chi connectivity index (χ0v) is 14.0. The number of para-hydroxylation sites is 1. The predicted molar refractivity (Wildman–Crippen MR) is 84.9 cm³/mol. The number of carbonyl (C=O) groups excluding carboxylic acids is 2. The van der Waals surface area contributed by atoms with E-state index < -0.39 is 29.2 Å². The first-order valence-electron chi connectivity index (χ1n) is 6.98. The molecule has 0 bridgehead atoms. The number of urea groups is 1. The van der Waals surface area contributed by atoms with Crippen LogP contribution in [0.5, 0.6) is 0 Å². The van der Waals surface area contributed by atoms with E-state index >= 15 is 0 Å². The van der Waals surface area contributed by atoms with E-state index in [0.29, 0.717) is 5.69 Å². The molecule has 1 heterocycles. The molecule has 25 heavy (non-hydrogen) atoms. The van der Waals surface area contributed by atoms with Gasteiger partial charge in [0, 0.05) is 12.7 Å². The number of halogens is 3. The van der Waals surface area contributed by atoms with Gasteiger partial charge in [-0.05, 0) is 19.1 Å². The second-order valence-electron chi connectivity index (χ2n) is 4.93. The molecule has 7 nitrogen and oxygen atoms in total. The third kappa shape index (κ3) is 4.95. The molecule has 0 aliphatic rings. The topological polar surface area (TPSA) is 88.9 Å². The summed E-state index contributed by atoms with van der Waals surface area (Å²) in [6, 6.07) is 7.73. The van der Waals surface area contributed by atoms with Gasteiger partial charge in [0.1, 0.15) is 0 Å². The minimum atomic E-state index is -4.64. The highest BCUT2D eigenvalue weighted by Gasteiger charge is 2.38. The number of nitrogens with one attached hydrogen (secondary N) is 2. The molecule has 0 saturated heterocycles. The molecule has 0 aliphatic heterocycles. The van der Waals surface area contributed by atoms with Gasteiger partial charge in [0.2, 0.25) is 11.7 Å². The lowest BCUT2D eigenvalue weighted by molar-refractivity contribution is -0.147. The van der Waals surface area contributed by atoms with Crippen molar-refractivity contribution in [2.24, 2.45) is 7.05 Å². The molecular formula is C14H14F3N5O2S. The fourth-order valence-corrected chi connectivity index (χ4v) is 2.59. The molecule has 0 spiro atoms. The van der Waals surface area contributed by atoms with E-state index in [4.69, 9.17) is 0 Å². The SMILES string of the molecule is C[C@H](Sc1nnc(C(F)(F)F)n1C)C(=O)NC(=O)Nc1ccccc1. The monoisotopic (exact) mass is 373 g/mol. The fourth-order valence-electron chi connectivity index (χ4n) is 1.77. The summed E-state index contributed by atoms with van der Waals surface area (Å²) in [4.78, 5) is 23.7. The van der Waals surface area contributed by atoms with Gasteiger partial charge in [0.25, 0.3) is 0 Å². The highest BCUT2D eigenvalue weighted by Crippen LogP contribution is 2.30. The lowest BCUT2D eigenvalue weighted by atomic mass is 10.3. The van der Waals surface area contributed by atoms with Crippen molar-refractivity contribution in [2.45, 2.75) is 23.5 Å². The third-order valence-corrected chi connectivity index (χ3v) is 4.14. The number of rotatable bonds is 4. The lowest BCUT2D eigenvalue weighted by Gasteiger charge is -2.12. The standard InChI is InChI=1S/C14H14F3N5O2S/c1-8(25-13-21-20-11(22(13)2)14(15,16)17)10(23)19-12(24)18-9-6-4-3-5-7-9/h3-8H,1-2H3,(H2,18,19,23,24)/t8-/m0/s1. The minimum Gasteiger partial charge on any atom is -0.308 e. The molecule has 2 aromatic rings. The first-order chi connectivity index (χ1) is 11.7. The highest BCUT2D eigenvalue weighted by molar-refractivity contribution is 8.00. The van der Waals surface area contributed by atoms with Crippen LogP contribution < -0.4 is 10.6 Å². The number of nitrogens with zero attached hydrogens (tertiary/aromatic N) is 3. The number of benzene rings is 1. The van der Waals surface area contributed by atoms with Gasteiger partial charge in [0.05, 0.1) is 5.25 Å². The summed E-state index contributed by atoms with van der Waals surface area (Å²) in [6.07, 6.45) is -4.64. The van der Waals surface area contributed by atoms with Crippen LogP contribution in [0, 0.1) is 0 Å². The number of thioether (sulfide) groups is 1. The second kappa shape index (κ2) is 7.55. The van der Waals surface area contributed by atoms with Crippen LogP contribution in [0.15, 0.2) is 35.5 Å². The normalized spacial score (nSPS) is 12.5. The Morgan fingerprint density at radius 1 is 1.20 bits per heavy atom. The first-order valence-corrected chi connectivity index (χ1v) is 7.86. The molecule has 0 radical (unpaired) electrons. The Morgan fingerprint density at radius 3 is 2.40 bits per heavy atom. The number of hydrogen-bond acceptors (Lipinski definition) is 5. The van der Waals surface area contributed by atoms with Gasteiger partial charge in [-0.1, -0.05) is 30.0 Å². The molecule has 134 valence electrons. The van der Waals surface area contributed by atoms with E-state index in [1.807, 2.05) is 0 Å². The van der Waals surface area contributed by atoms with Crippen molar-refractivity contribution in [3.8, 4) is 0 Å². The Morgan fingerprint density at radius 2 is 1.84 bits per heavy atom. The van der Waals surface area contributed by atoms with Gasteiger partial charge in [-0.25, -0.2) is 4.79 Å². The summed E-state index contributed by atoms with van der Waals surface area (Å²) in [5.41, 5.74) is 0.497. The van der Waals surface area contributed by atoms with Crippen molar-refractivity contribution in [1.29, 1.82) is 0 Å². The molecule has 0 aliphatic carbocycles. The molecule has 0 unspecified atom stereocenters. The maximum absolute atomic E-state index is 12.7. The summed E-state index contributed by atoms with van der Waals surface area (Å²) < 4.78 is 38.8. The second-order valence-corrected chi connectivity index (χ2v) is 6.24. The number of aromatic nitrogens is 3. The van der Waals surface area contributed by atoms with E-state index in [-0.39, 0.29) is 5.16 Å². The molecular weight excluding hydrogens is 359 g/mol. The number of imide groups is 1. The maximum atomic E-state index is 12.7. The van der Waals surface area contributed by atoms with Crippen LogP contribution in [0.4, 0.5) is 23.7 Å². The van der Waals surface area contributed by atoms with Crippen LogP contribution in [0.25, 0.3) is 0 Å². The summed E-state index contributed by atoms with van der Waals surface area (Å²) in [5, 5.41) is 10.1. The van der Waals surface area contributed by atoms with Crippen LogP contribution in [-0.4, -0.2) is 32.0 Å². The Labute approximate surface area is 145 Å². The van der Waals surface area contributed by atoms with Crippen molar-refractivity contribution in [1.82, 2.24) is 20.1 Å². The van der Waals surface area contributed by atoms with Crippen LogP contribution in [-0.2, 0) is 18.0 Å². The van der Waals surface area contributed by atoms with Crippen molar-refractivity contribution < 1.29 is 22.8 Å². The molecule has 2 N–H and O–H groups in total. The van der Waals surface area contributed by atoms with Crippen LogP contribution >= 0.6 is 11.8 Å². The van der Waals surface area contributed by atoms with E-state index in [9.17, 15) is 22.8 Å². The van der Waals surface area contributed by atoms with Crippen molar-refractivity contribution >= 4 is 29.4 Å². The smallest absolute Gasteiger partial charge is 0.308 e. The van der Waals surface area contributed by atoms with Crippen LogP contribution in [0.1, 0.15) is 12.7 Å². The molecule has 3 amide bonds. The van der Waals surface area contributed by atoms with Crippen molar-refractivity contribution in [2.75, 3.05) is 5.32 Å². The number of anilines is 1. The summed E-state index contributed by atoms with van der Waals surface area (Å²) in [7, 11) is 1.15. The number of alkyl halides is 3. The highest BCUT2D eigenvalue weighted by atomic mass is 32.2. The molecule has 1 atom stereocenters. The van der Waals surface area contributed by atoms with E-state index in [2.05, 4.69) is 20.8 Å². The average molecular weight is 373 g/mol. The molecule has 1 aromatic heterocycles. The van der Waals surface area contributed by atoms with Crippen molar-refractivity contribution in [3.05, 3.63) is 36.2 Å².